The van der Waals surface area contributed by atoms with E-state index < -0.39 is 17.1 Å². The van der Waals surface area contributed by atoms with Gasteiger partial charge in [-0.2, -0.15) is 0 Å². The molecule has 0 amide bonds. The molecule has 2 N–H and O–H groups in total. The van der Waals surface area contributed by atoms with E-state index in [1.807, 2.05) is 0 Å². The van der Waals surface area contributed by atoms with Gasteiger partial charge >= 0.3 is 17.1 Å². The van der Waals surface area contributed by atoms with Gasteiger partial charge in [0.1, 0.15) is 0 Å². The van der Waals surface area contributed by atoms with E-state index in [9.17, 15) is 14.4 Å². The number of aromatic carboxylic acids is 1. The third-order valence-corrected chi connectivity index (χ3v) is 3.44. The summed E-state index contributed by atoms with van der Waals surface area (Å²) in [6.45, 7) is 0.861. The average molecular weight is 276 g/mol. The molecule has 20 heavy (non-hydrogen) atoms. The molecular formula is C13H12N2O5. The summed E-state index contributed by atoms with van der Waals surface area (Å²) in [7, 11) is 0. The first kappa shape index (κ1) is 12.6. The number of ether oxygens (including phenoxy) is 1. The first-order valence-electron chi connectivity index (χ1n) is 6.17. The van der Waals surface area contributed by atoms with E-state index in [2.05, 4.69) is 4.98 Å². The Morgan fingerprint density at radius 2 is 2.20 bits per heavy atom. The minimum Gasteiger partial charge on any atom is -0.478 e. The number of aromatic nitrogens is 2. The number of H-pyrrole nitrogens is 1. The highest BCUT2D eigenvalue weighted by Gasteiger charge is 2.22. The summed E-state index contributed by atoms with van der Waals surface area (Å²) >= 11 is 0. The van der Waals surface area contributed by atoms with Gasteiger partial charge in [0.25, 0.3) is 0 Å². The largest absolute Gasteiger partial charge is 0.478 e. The molecule has 104 valence electrons. The van der Waals surface area contributed by atoms with Crippen molar-refractivity contribution < 1.29 is 14.6 Å². The fourth-order valence-corrected chi connectivity index (χ4v) is 2.45. The quantitative estimate of drug-likeness (QED) is 0.771. The molecule has 1 atom stereocenters. The maximum Gasteiger partial charge on any atom is 0.335 e. The third-order valence-electron chi connectivity index (χ3n) is 3.44. The molecule has 0 saturated carbocycles. The summed E-state index contributed by atoms with van der Waals surface area (Å²) in [4.78, 5) is 37.3. The van der Waals surface area contributed by atoms with Crippen LogP contribution in [-0.2, 0) is 4.74 Å². The molecule has 7 heteroatoms. The summed E-state index contributed by atoms with van der Waals surface area (Å²) in [6.07, 6.45) is 0.621. The van der Waals surface area contributed by atoms with Gasteiger partial charge in [0.05, 0.1) is 29.2 Å². The lowest BCUT2D eigenvalue weighted by molar-refractivity contribution is 0.0697. The number of nitrogens with zero attached hydrogens (tertiary/aromatic N) is 1. The van der Waals surface area contributed by atoms with Crippen LogP contribution in [0.1, 0.15) is 22.8 Å². The van der Waals surface area contributed by atoms with E-state index in [1.54, 1.807) is 0 Å². The number of carboxylic acid groups (broad SMARTS) is 1. The van der Waals surface area contributed by atoms with E-state index in [0.29, 0.717) is 30.7 Å². The van der Waals surface area contributed by atoms with Crippen LogP contribution in [0.4, 0.5) is 0 Å². The van der Waals surface area contributed by atoms with Crippen LogP contribution >= 0.6 is 0 Å². The number of rotatable bonds is 2. The van der Waals surface area contributed by atoms with Crippen molar-refractivity contribution in [2.45, 2.75) is 12.5 Å². The molecule has 1 fully saturated rings. The van der Waals surface area contributed by atoms with Crippen molar-refractivity contribution in [2.24, 2.45) is 0 Å². The molecular weight excluding hydrogens is 264 g/mol. The zero-order chi connectivity index (χ0) is 14.3. The van der Waals surface area contributed by atoms with E-state index in [1.165, 1.54) is 22.8 Å². The highest BCUT2D eigenvalue weighted by molar-refractivity contribution is 5.92. The Morgan fingerprint density at radius 1 is 1.40 bits per heavy atom. The van der Waals surface area contributed by atoms with Crippen molar-refractivity contribution in [3.8, 4) is 0 Å². The van der Waals surface area contributed by atoms with Crippen LogP contribution in [-0.4, -0.2) is 33.8 Å². The first-order chi connectivity index (χ1) is 9.58. The molecule has 1 aromatic heterocycles. The Bertz CT molecular complexity index is 798. The number of aromatic amines is 1. The van der Waals surface area contributed by atoms with Gasteiger partial charge in [0.15, 0.2) is 0 Å². The molecule has 2 heterocycles. The SMILES string of the molecule is O=C(O)c1ccc2[nH]c(=O)c(=O)n(C3CCOC3)c2c1. The molecule has 2 aromatic rings. The maximum atomic E-state index is 12.1. The predicted molar refractivity (Wildman–Crippen MR) is 70.3 cm³/mol. The molecule has 0 radical (unpaired) electrons. The Hall–Kier alpha value is -2.41. The van der Waals surface area contributed by atoms with Gasteiger partial charge in [-0.25, -0.2) is 4.79 Å². The number of fused-ring (bicyclic) bond motifs is 1. The topological polar surface area (TPSA) is 101 Å². The lowest BCUT2D eigenvalue weighted by atomic mass is 10.1. The monoisotopic (exact) mass is 276 g/mol. The van der Waals surface area contributed by atoms with Crippen LogP contribution in [0.2, 0.25) is 0 Å². The number of carbonyl (C=O) groups is 1. The van der Waals surface area contributed by atoms with Gasteiger partial charge in [-0.05, 0) is 24.6 Å². The normalized spacial score (nSPS) is 18.5. The third kappa shape index (κ3) is 1.92. The van der Waals surface area contributed by atoms with E-state index >= 15 is 0 Å². The van der Waals surface area contributed by atoms with Crippen molar-refractivity contribution >= 4 is 17.0 Å². The molecule has 1 aromatic carbocycles. The lowest BCUT2D eigenvalue weighted by Crippen LogP contribution is -2.38. The Balaban J connectivity index is 2.35. The van der Waals surface area contributed by atoms with Crippen LogP contribution in [0.25, 0.3) is 11.0 Å². The maximum absolute atomic E-state index is 12.1. The number of hydrogen-bond donors (Lipinski definition) is 2. The second-order valence-corrected chi connectivity index (χ2v) is 4.68. The van der Waals surface area contributed by atoms with Gasteiger partial charge < -0.3 is 14.8 Å². The van der Waals surface area contributed by atoms with Crippen molar-refractivity contribution in [1.82, 2.24) is 9.55 Å². The van der Waals surface area contributed by atoms with Crippen molar-refractivity contribution in [3.63, 3.8) is 0 Å². The first-order valence-corrected chi connectivity index (χ1v) is 6.17. The second-order valence-electron chi connectivity index (χ2n) is 4.68. The zero-order valence-electron chi connectivity index (χ0n) is 10.5. The summed E-state index contributed by atoms with van der Waals surface area (Å²) in [6, 6.07) is 4.04. The van der Waals surface area contributed by atoms with E-state index in [-0.39, 0.29) is 11.6 Å². The minimum atomic E-state index is -1.08. The Labute approximate surface area is 112 Å². The van der Waals surface area contributed by atoms with E-state index in [4.69, 9.17) is 9.84 Å². The molecule has 0 bridgehead atoms. The number of carboxylic acids is 1. The summed E-state index contributed by atoms with van der Waals surface area (Å²) in [5.41, 5.74) is -0.490. The van der Waals surface area contributed by atoms with Crippen LogP contribution in [0, 0.1) is 0 Å². The van der Waals surface area contributed by atoms with Gasteiger partial charge in [0.2, 0.25) is 0 Å². The minimum absolute atomic E-state index is 0.0663. The van der Waals surface area contributed by atoms with Gasteiger partial charge in [0, 0.05) is 6.61 Å². The number of hydrogen-bond acceptors (Lipinski definition) is 4. The van der Waals surface area contributed by atoms with Crippen LogP contribution < -0.4 is 11.1 Å². The van der Waals surface area contributed by atoms with Crippen LogP contribution in [0.15, 0.2) is 27.8 Å². The number of benzene rings is 1. The highest BCUT2D eigenvalue weighted by Crippen LogP contribution is 2.21. The van der Waals surface area contributed by atoms with Gasteiger partial charge in [-0.1, -0.05) is 0 Å². The lowest BCUT2D eigenvalue weighted by Gasteiger charge is -2.15. The fourth-order valence-electron chi connectivity index (χ4n) is 2.45. The fraction of sp³-hybridized carbons (Fsp3) is 0.308. The molecule has 0 spiro atoms. The van der Waals surface area contributed by atoms with Gasteiger partial charge in [-0.15, -0.1) is 0 Å². The number of nitrogens with one attached hydrogen (secondary N) is 1. The molecule has 1 aliphatic heterocycles. The molecule has 0 aliphatic carbocycles. The molecule has 1 saturated heterocycles. The molecule has 7 nitrogen and oxygen atoms in total. The summed E-state index contributed by atoms with van der Waals surface area (Å²) in [5, 5.41) is 9.04. The van der Waals surface area contributed by atoms with Crippen LogP contribution in [0.3, 0.4) is 0 Å². The standard InChI is InChI=1S/C13H12N2O5/c16-11-12(17)15(8-3-4-20-6-8)10-5-7(13(18)19)1-2-9(10)14-11/h1-2,5,8H,3-4,6H2,(H,14,16)(H,18,19). The highest BCUT2D eigenvalue weighted by atomic mass is 16.5. The zero-order valence-corrected chi connectivity index (χ0v) is 10.5. The van der Waals surface area contributed by atoms with Crippen LogP contribution in [0.5, 0.6) is 0 Å². The van der Waals surface area contributed by atoms with Crippen molar-refractivity contribution in [1.29, 1.82) is 0 Å². The Morgan fingerprint density at radius 3 is 2.85 bits per heavy atom. The Kier molecular flexibility index (Phi) is 2.90. The smallest absolute Gasteiger partial charge is 0.335 e. The molecule has 1 aliphatic rings. The predicted octanol–water partition coefficient (Wildman–Crippen LogP) is 0.349. The van der Waals surface area contributed by atoms with Crippen molar-refractivity contribution in [3.05, 3.63) is 44.5 Å². The second kappa shape index (κ2) is 4.61. The molecule has 1 unspecified atom stereocenters. The van der Waals surface area contributed by atoms with Gasteiger partial charge in [-0.3, -0.25) is 14.2 Å². The average Bonchev–Trinajstić information content (AvgIpc) is 2.93. The van der Waals surface area contributed by atoms with E-state index in [0.717, 1.165) is 0 Å². The van der Waals surface area contributed by atoms with Crippen molar-refractivity contribution in [2.75, 3.05) is 13.2 Å². The summed E-state index contributed by atoms with van der Waals surface area (Å²) < 4.78 is 6.59. The molecule has 3 rings (SSSR count). The summed E-state index contributed by atoms with van der Waals surface area (Å²) in [5.74, 6) is -1.08.